The van der Waals surface area contributed by atoms with E-state index in [0.717, 1.165) is 0 Å². The third kappa shape index (κ3) is 5.17. The van der Waals surface area contributed by atoms with E-state index in [-0.39, 0.29) is 5.82 Å². The van der Waals surface area contributed by atoms with Gasteiger partial charge in [0.05, 0.1) is 11.6 Å². The number of benzene rings is 1. The molecule has 20 heavy (non-hydrogen) atoms. The van der Waals surface area contributed by atoms with Gasteiger partial charge in [0.2, 0.25) is 0 Å². The highest BCUT2D eigenvalue weighted by molar-refractivity contribution is 5.68. The van der Waals surface area contributed by atoms with E-state index in [1.54, 1.807) is 34.6 Å². The molecule has 1 unspecified atom stereocenters. The molecule has 0 radical (unpaired) electrons. The number of hydrogen-bond donors (Lipinski definition) is 2. The zero-order valence-electron chi connectivity index (χ0n) is 12.5. The van der Waals surface area contributed by atoms with Gasteiger partial charge in [-0.3, -0.25) is 0 Å². The van der Waals surface area contributed by atoms with Crippen molar-refractivity contribution in [3.05, 3.63) is 35.6 Å². The predicted molar refractivity (Wildman–Crippen MR) is 74.8 cm³/mol. The van der Waals surface area contributed by atoms with E-state index < -0.39 is 23.3 Å². The smallest absolute Gasteiger partial charge is 0.408 e. The van der Waals surface area contributed by atoms with Crippen LogP contribution in [0, 0.1) is 5.82 Å². The number of carbonyl (C=O) groups is 1. The first-order valence-electron chi connectivity index (χ1n) is 6.46. The summed E-state index contributed by atoms with van der Waals surface area (Å²) in [5.41, 5.74) is -1.24. The topological polar surface area (TPSA) is 58.6 Å². The van der Waals surface area contributed by atoms with Gasteiger partial charge in [0.25, 0.3) is 0 Å². The summed E-state index contributed by atoms with van der Waals surface area (Å²) in [4.78, 5) is 11.8. The predicted octanol–water partition coefficient (Wildman–Crippen LogP) is 3.16. The van der Waals surface area contributed by atoms with Crippen LogP contribution in [0.1, 0.15) is 46.2 Å². The van der Waals surface area contributed by atoms with Crippen molar-refractivity contribution < 1.29 is 19.0 Å². The number of hydrogen-bond acceptors (Lipinski definition) is 3. The largest absolute Gasteiger partial charge is 0.444 e. The number of halogens is 1. The number of ether oxygens (including phenoxy) is 1. The molecule has 2 N–H and O–H groups in total. The second-order valence-corrected chi connectivity index (χ2v) is 6.28. The summed E-state index contributed by atoms with van der Waals surface area (Å²) < 4.78 is 18.1. The van der Waals surface area contributed by atoms with Crippen LogP contribution in [0.3, 0.4) is 0 Å². The Morgan fingerprint density at radius 3 is 2.10 bits per heavy atom. The molecule has 4 nitrogen and oxygen atoms in total. The molecule has 0 aliphatic carbocycles. The summed E-state index contributed by atoms with van der Waals surface area (Å²) in [6, 6.07) is 4.92. The lowest BCUT2D eigenvalue weighted by atomic mass is 9.92. The molecule has 1 aromatic rings. The van der Waals surface area contributed by atoms with Crippen LogP contribution in [0.25, 0.3) is 0 Å². The zero-order chi connectivity index (χ0) is 15.6. The van der Waals surface area contributed by atoms with Gasteiger partial charge in [-0.15, -0.1) is 0 Å². The van der Waals surface area contributed by atoms with Crippen molar-refractivity contribution in [2.24, 2.45) is 0 Å². The minimum absolute atomic E-state index is 0.375. The molecule has 0 bridgehead atoms. The van der Waals surface area contributed by atoms with E-state index in [2.05, 4.69) is 5.32 Å². The van der Waals surface area contributed by atoms with E-state index in [1.807, 2.05) is 0 Å². The summed E-state index contributed by atoms with van der Waals surface area (Å²) in [7, 11) is 0. The molecule has 1 rings (SSSR count). The van der Waals surface area contributed by atoms with Gasteiger partial charge in [-0.25, -0.2) is 9.18 Å². The first-order valence-corrected chi connectivity index (χ1v) is 6.46. The second-order valence-electron chi connectivity index (χ2n) is 6.28. The van der Waals surface area contributed by atoms with Gasteiger partial charge in [-0.05, 0) is 52.3 Å². The van der Waals surface area contributed by atoms with Gasteiger partial charge >= 0.3 is 6.09 Å². The third-order valence-corrected chi connectivity index (χ3v) is 2.57. The Labute approximate surface area is 119 Å². The average molecular weight is 283 g/mol. The molecular weight excluding hydrogens is 261 g/mol. The SMILES string of the molecule is CC(C)(C)OC(=O)NC(c1ccc(F)cc1)C(C)(C)O. The van der Waals surface area contributed by atoms with Crippen LogP contribution in [0.5, 0.6) is 0 Å². The highest BCUT2D eigenvalue weighted by Gasteiger charge is 2.31. The van der Waals surface area contributed by atoms with Crippen molar-refractivity contribution >= 4 is 6.09 Å². The quantitative estimate of drug-likeness (QED) is 0.895. The third-order valence-electron chi connectivity index (χ3n) is 2.57. The van der Waals surface area contributed by atoms with Crippen molar-refractivity contribution in [3.63, 3.8) is 0 Å². The summed E-state index contributed by atoms with van der Waals surface area (Å²) in [6.07, 6.45) is -0.631. The first-order chi connectivity index (χ1) is 8.99. The molecule has 0 saturated heterocycles. The number of alkyl carbamates (subject to hydrolysis) is 1. The zero-order valence-corrected chi connectivity index (χ0v) is 12.5. The second kappa shape index (κ2) is 5.79. The van der Waals surface area contributed by atoms with E-state index in [1.165, 1.54) is 24.3 Å². The maximum absolute atomic E-state index is 13.0. The maximum atomic E-state index is 13.0. The molecule has 0 aliphatic heterocycles. The Hall–Kier alpha value is -1.62. The van der Waals surface area contributed by atoms with Crippen LogP contribution in [0.2, 0.25) is 0 Å². The molecule has 0 fully saturated rings. The molecule has 0 heterocycles. The Bertz CT molecular complexity index is 457. The van der Waals surface area contributed by atoms with Crippen molar-refractivity contribution in [1.29, 1.82) is 0 Å². The summed E-state index contributed by atoms with van der Waals surface area (Å²) in [5, 5.41) is 12.8. The molecule has 1 aromatic carbocycles. The van der Waals surface area contributed by atoms with E-state index in [4.69, 9.17) is 4.74 Å². The highest BCUT2D eigenvalue weighted by atomic mass is 19.1. The van der Waals surface area contributed by atoms with Crippen LogP contribution >= 0.6 is 0 Å². The summed E-state index contributed by atoms with van der Waals surface area (Å²) in [5.74, 6) is -0.375. The van der Waals surface area contributed by atoms with Gasteiger partial charge in [0, 0.05) is 0 Å². The van der Waals surface area contributed by atoms with E-state index in [0.29, 0.717) is 5.56 Å². The number of amides is 1. The molecular formula is C15H22FNO3. The molecule has 5 heteroatoms. The molecule has 112 valence electrons. The van der Waals surface area contributed by atoms with Gasteiger partial charge in [-0.2, -0.15) is 0 Å². The fourth-order valence-corrected chi connectivity index (χ4v) is 1.75. The lowest BCUT2D eigenvalue weighted by molar-refractivity contribution is 0.0163. The standard InChI is InChI=1S/C15H22FNO3/c1-14(2,3)20-13(18)17-12(15(4,5)19)10-6-8-11(16)9-7-10/h6-9,12,19H,1-5H3,(H,17,18). The van der Waals surface area contributed by atoms with E-state index >= 15 is 0 Å². The Kier molecular flexibility index (Phi) is 4.76. The van der Waals surface area contributed by atoms with Crippen molar-refractivity contribution in [2.75, 3.05) is 0 Å². The van der Waals surface area contributed by atoms with Gasteiger partial charge < -0.3 is 15.2 Å². The molecule has 1 atom stereocenters. The fourth-order valence-electron chi connectivity index (χ4n) is 1.75. The molecule has 0 saturated carbocycles. The molecule has 0 aromatic heterocycles. The number of nitrogens with one attached hydrogen (secondary N) is 1. The monoisotopic (exact) mass is 283 g/mol. The van der Waals surface area contributed by atoms with Gasteiger partial charge in [0.15, 0.2) is 0 Å². The first kappa shape index (κ1) is 16.4. The van der Waals surface area contributed by atoms with Gasteiger partial charge in [-0.1, -0.05) is 12.1 Å². The lowest BCUT2D eigenvalue weighted by Gasteiger charge is -2.31. The summed E-state index contributed by atoms with van der Waals surface area (Å²) in [6.45, 7) is 8.40. The molecule has 1 amide bonds. The van der Waals surface area contributed by atoms with Crippen LogP contribution in [0.15, 0.2) is 24.3 Å². The highest BCUT2D eigenvalue weighted by Crippen LogP contribution is 2.26. The lowest BCUT2D eigenvalue weighted by Crippen LogP contribution is -2.44. The van der Waals surface area contributed by atoms with Crippen molar-refractivity contribution in [3.8, 4) is 0 Å². The van der Waals surface area contributed by atoms with Crippen LogP contribution in [0.4, 0.5) is 9.18 Å². The number of aliphatic hydroxyl groups is 1. The normalized spacial score (nSPS) is 13.8. The van der Waals surface area contributed by atoms with Crippen LogP contribution < -0.4 is 5.32 Å². The molecule has 0 aliphatic rings. The minimum Gasteiger partial charge on any atom is -0.444 e. The minimum atomic E-state index is -1.21. The molecule has 0 spiro atoms. The van der Waals surface area contributed by atoms with Crippen molar-refractivity contribution in [2.45, 2.75) is 51.9 Å². The average Bonchev–Trinajstić information content (AvgIpc) is 2.23. The fraction of sp³-hybridized carbons (Fsp3) is 0.533. The Morgan fingerprint density at radius 1 is 1.20 bits per heavy atom. The Morgan fingerprint density at radius 2 is 1.70 bits per heavy atom. The maximum Gasteiger partial charge on any atom is 0.408 e. The van der Waals surface area contributed by atoms with Crippen LogP contribution in [-0.2, 0) is 4.74 Å². The van der Waals surface area contributed by atoms with E-state index in [9.17, 15) is 14.3 Å². The summed E-state index contributed by atoms with van der Waals surface area (Å²) >= 11 is 0. The number of carbonyl (C=O) groups excluding carboxylic acids is 1. The number of rotatable bonds is 3. The Balaban J connectivity index is 2.92. The van der Waals surface area contributed by atoms with Gasteiger partial charge in [0.1, 0.15) is 11.4 Å². The van der Waals surface area contributed by atoms with Crippen molar-refractivity contribution in [1.82, 2.24) is 5.32 Å². The van der Waals surface area contributed by atoms with Crippen LogP contribution in [-0.4, -0.2) is 22.4 Å².